The van der Waals surface area contributed by atoms with Crippen molar-refractivity contribution in [3.8, 4) is 0 Å². The molecular formula is C16H26F3N3O2. The van der Waals surface area contributed by atoms with E-state index in [1.807, 2.05) is 0 Å². The minimum Gasteiger partial charge on any atom is -0.474 e. The molecule has 2 aliphatic heterocycles. The minimum absolute atomic E-state index is 0.0569. The number of ether oxygens (including phenoxy) is 1. The van der Waals surface area contributed by atoms with E-state index in [9.17, 15) is 13.2 Å². The first kappa shape index (κ1) is 19.2. The highest BCUT2D eigenvalue weighted by Gasteiger charge is 2.53. The number of rotatable bonds is 5. The zero-order valence-corrected chi connectivity index (χ0v) is 14.1. The smallest absolute Gasteiger partial charge is 0.413 e. The molecule has 2 heterocycles. The number of dihydropyridines is 1. The van der Waals surface area contributed by atoms with Gasteiger partial charge in [0.05, 0.1) is 6.61 Å². The summed E-state index contributed by atoms with van der Waals surface area (Å²) in [5.41, 5.74) is -1.60. The molecular weight excluding hydrogens is 323 g/mol. The van der Waals surface area contributed by atoms with Gasteiger partial charge in [-0.15, -0.1) is 0 Å². The second-order valence-electron chi connectivity index (χ2n) is 6.73. The molecule has 0 aromatic heterocycles. The maximum atomic E-state index is 13.5. The van der Waals surface area contributed by atoms with Crippen molar-refractivity contribution in [3.05, 3.63) is 11.6 Å². The molecule has 2 atom stereocenters. The third-order valence-corrected chi connectivity index (χ3v) is 4.39. The number of halogens is 3. The third-order valence-electron chi connectivity index (χ3n) is 4.39. The summed E-state index contributed by atoms with van der Waals surface area (Å²) in [5, 5.41) is 15.2. The average molecular weight is 349 g/mol. The summed E-state index contributed by atoms with van der Waals surface area (Å²) in [4.78, 5) is 3.87. The first-order valence-corrected chi connectivity index (χ1v) is 8.31. The predicted molar refractivity (Wildman–Crippen MR) is 86.1 cm³/mol. The van der Waals surface area contributed by atoms with Gasteiger partial charge in [-0.25, -0.2) is 4.99 Å². The molecule has 138 valence electrons. The van der Waals surface area contributed by atoms with Crippen LogP contribution in [0.4, 0.5) is 13.2 Å². The van der Waals surface area contributed by atoms with Crippen LogP contribution in [0.3, 0.4) is 0 Å². The van der Waals surface area contributed by atoms with E-state index < -0.39 is 11.7 Å². The molecule has 3 N–H and O–H groups in total. The highest BCUT2D eigenvalue weighted by atomic mass is 19.4. The highest BCUT2D eigenvalue weighted by molar-refractivity contribution is 5.90. The first-order chi connectivity index (χ1) is 11.2. The van der Waals surface area contributed by atoms with E-state index in [1.54, 1.807) is 13.0 Å². The van der Waals surface area contributed by atoms with Gasteiger partial charge < -0.3 is 20.5 Å². The van der Waals surface area contributed by atoms with E-state index >= 15 is 0 Å². The molecule has 0 aromatic carbocycles. The van der Waals surface area contributed by atoms with Crippen LogP contribution in [-0.2, 0) is 4.74 Å². The molecule has 24 heavy (non-hydrogen) atoms. The van der Waals surface area contributed by atoms with Crippen LogP contribution in [-0.4, -0.2) is 61.1 Å². The molecule has 1 fully saturated rings. The largest absolute Gasteiger partial charge is 0.474 e. The van der Waals surface area contributed by atoms with Crippen molar-refractivity contribution in [2.75, 3.05) is 26.2 Å². The van der Waals surface area contributed by atoms with E-state index in [0.717, 1.165) is 32.9 Å². The molecule has 1 saturated heterocycles. The number of hydrogen-bond acceptors (Lipinski definition) is 5. The molecule has 0 amide bonds. The van der Waals surface area contributed by atoms with Gasteiger partial charge >= 0.3 is 6.18 Å². The van der Waals surface area contributed by atoms with Gasteiger partial charge in [0, 0.05) is 25.1 Å². The molecule has 0 saturated carbocycles. The van der Waals surface area contributed by atoms with Gasteiger partial charge in [-0.1, -0.05) is 0 Å². The predicted octanol–water partition coefficient (Wildman–Crippen LogP) is 1.77. The average Bonchev–Trinajstić information content (AvgIpc) is 2.52. The summed E-state index contributed by atoms with van der Waals surface area (Å²) in [6, 6.07) is -0.185. The Hall–Kier alpha value is -1.12. The number of hydrogen-bond donors (Lipinski definition) is 3. The normalized spacial score (nSPS) is 27.4. The van der Waals surface area contributed by atoms with E-state index in [2.05, 4.69) is 15.6 Å². The standard InChI is InChI=1S/C16H26F3N3O2/c1-11(10-23)21-9-12-7-14(24-13-3-5-20-6-4-13)22-15(2,8-12)16(17,18)19/h7,11,13,20-21,23H,3-6,8-10H2,1-2H3/t11-,15?/m0/s1. The van der Waals surface area contributed by atoms with Crippen LogP contribution < -0.4 is 10.6 Å². The molecule has 8 heteroatoms. The van der Waals surface area contributed by atoms with Crippen molar-refractivity contribution in [2.24, 2.45) is 4.99 Å². The maximum Gasteiger partial charge on any atom is 0.413 e. The Balaban J connectivity index is 2.14. The van der Waals surface area contributed by atoms with Crippen molar-refractivity contribution in [1.82, 2.24) is 10.6 Å². The van der Waals surface area contributed by atoms with Gasteiger partial charge in [0.15, 0.2) is 5.54 Å². The fourth-order valence-electron chi connectivity index (χ4n) is 2.77. The van der Waals surface area contributed by atoms with Gasteiger partial charge in [0.25, 0.3) is 0 Å². The van der Waals surface area contributed by atoms with E-state index in [1.165, 1.54) is 0 Å². The first-order valence-electron chi connectivity index (χ1n) is 8.31. The number of alkyl halides is 3. The van der Waals surface area contributed by atoms with Crippen LogP contribution in [0, 0.1) is 0 Å². The van der Waals surface area contributed by atoms with Crippen molar-refractivity contribution in [1.29, 1.82) is 0 Å². The summed E-state index contributed by atoms with van der Waals surface area (Å²) in [6.45, 7) is 4.65. The monoisotopic (exact) mass is 349 g/mol. The van der Waals surface area contributed by atoms with Crippen LogP contribution in [0.15, 0.2) is 16.6 Å². The quantitative estimate of drug-likeness (QED) is 0.708. The Kier molecular flexibility index (Phi) is 6.28. The van der Waals surface area contributed by atoms with Crippen molar-refractivity contribution >= 4 is 5.90 Å². The molecule has 0 spiro atoms. The molecule has 2 aliphatic rings. The van der Waals surface area contributed by atoms with Crippen LogP contribution in [0.2, 0.25) is 0 Å². The molecule has 5 nitrogen and oxygen atoms in total. The van der Waals surface area contributed by atoms with Crippen molar-refractivity contribution in [3.63, 3.8) is 0 Å². The Morgan fingerprint density at radius 3 is 2.71 bits per heavy atom. The summed E-state index contributed by atoms with van der Waals surface area (Å²) in [7, 11) is 0. The summed E-state index contributed by atoms with van der Waals surface area (Å²) < 4.78 is 46.1. The van der Waals surface area contributed by atoms with Crippen LogP contribution in [0.25, 0.3) is 0 Å². The topological polar surface area (TPSA) is 65.9 Å². The second-order valence-corrected chi connectivity index (χ2v) is 6.73. The number of piperidine rings is 1. The van der Waals surface area contributed by atoms with Gasteiger partial charge in [-0.3, -0.25) is 0 Å². The lowest BCUT2D eigenvalue weighted by molar-refractivity contribution is -0.180. The summed E-state index contributed by atoms with van der Waals surface area (Å²) in [6.07, 6.45) is -1.65. The number of nitrogens with one attached hydrogen (secondary N) is 2. The highest BCUT2D eigenvalue weighted by Crippen LogP contribution is 2.40. The fourth-order valence-corrected chi connectivity index (χ4v) is 2.77. The van der Waals surface area contributed by atoms with E-state index in [-0.39, 0.29) is 37.6 Å². The lowest BCUT2D eigenvalue weighted by Crippen LogP contribution is -2.45. The van der Waals surface area contributed by atoms with Gasteiger partial charge in [-0.2, -0.15) is 13.2 Å². The van der Waals surface area contributed by atoms with Crippen LogP contribution in [0.5, 0.6) is 0 Å². The second kappa shape index (κ2) is 7.84. The lowest BCUT2D eigenvalue weighted by atomic mass is 9.90. The number of aliphatic imine (C=N–C) groups is 1. The fraction of sp³-hybridized carbons (Fsp3) is 0.812. The molecule has 2 rings (SSSR count). The van der Waals surface area contributed by atoms with E-state index in [0.29, 0.717) is 5.57 Å². The molecule has 0 bridgehead atoms. The van der Waals surface area contributed by atoms with Crippen LogP contribution >= 0.6 is 0 Å². The summed E-state index contributed by atoms with van der Waals surface area (Å²) >= 11 is 0. The maximum absolute atomic E-state index is 13.5. The Morgan fingerprint density at radius 2 is 2.12 bits per heavy atom. The SMILES string of the molecule is C[C@@H](CO)NCC1=CC(OC2CCNCC2)=NC(C)(C(F)(F)F)C1. The van der Waals surface area contributed by atoms with Gasteiger partial charge in [0.1, 0.15) is 6.10 Å². The zero-order valence-electron chi connectivity index (χ0n) is 14.1. The van der Waals surface area contributed by atoms with Crippen molar-refractivity contribution in [2.45, 2.75) is 57.0 Å². The van der Waals surface area contributed by atoms with E-state index in [4.69, 9.17) is 9.84 Å². The molecule has 0 aliphatic carbocycles. The van der Waals surface area contributed by atoms with Crippen LogP contribution in [0.1, 0.15) is 33.1 Å². The third kappa shape index (κ3) is 4.94. The summed E-state index contributed by atoms with van der Waals surface area (Å²) in [5.74, 6) is 0.0569. The minimum atomic E-state index is -4.45. The molecule has 0 aromatic rings. The number of aliphatic hydroxyl groups is 1. The Morgan fingerprint density at radius 1 is 1.46 bits per heavy atom. The molecule has 0 radical (unpaired) electrons. The molecule has 1 unspecified atom stereocenters. The lowest BCUT2D eigenvalue weighted by Gasteiger charge is -2.34. The Bertz CT molecular complexity index is 487. The Labute approximate surface area is 140 Å². The zero-order chi connectivity index (χ0) is 17.8. The van der Waals surface area contributed by atoms with Gasteiger partial charge in [0.2, 0.25) is 5.90 Å². The number of aliphatic hydroxyl groups excluding tert-OH is 1. The van der Waals surface area contributed by atoms with Gasteiger partial charge in [-0.05, 0) is 45.4 Å². The van der Waals surface area contributed by atoms with Crippen molar-refractivity contribution < 1.29 is 23.0 Å². The number of nitrogens with zero attached hydrogens (tertiary/aromatic N) is 1.